The molecule has 0 spiro atoms. The number of hydrogen-bond donors (Lipinski definition) is 0. The van der Waals surface area contributed by atoms with Gasteiger partial charge in [-0.3, -0.25) is 4.79 Å². The molecule has 2 aromatic carbocycles. The molecule has 2 nitrogen and oxygen atoms in total. The van der Waals surface area contributed by atoms with Crippen LogP contribution >= 0.6 is 23.4 Å². The molecule has 0 bridgehead atoms. The van der Waals surface area contributed by atoms with Gasteiger partial charge >= 0.3 is 0 Å². The molecule has 0 saturated carbocycles. The van der Waals surface area contributed by atoms with E-state index in [4.69, 9.17) is 11.6 Å². The van der Waals surface area contributed by atoms with Crippen LogP contribution in [0.2, 0.25) is 5.02 Å². The maximum Gasteiger partial charge on any atom is 0.246 e. The maximum atomic E-state index is 12.5. The highest BCUT2D eigenvalue weighted by atomic mass is 35.5. The van der Waals surface area contributed by atoms with Crippen molar-refractivity contribution in [3.05, 3.63) is 76.8 Å². The molecule has 24 heavy (non-hydrogen) atoms. The second kappa shape index (κ2) is 8.41. The number of benzene rings is 2. The zero-order valence-electron chi connectivity index (χ0n) is 13.4. The van der Waals surface area contributed by atoms with Crippen molar-refractivity contribution in [3.8, 4) is 0 Å². The van der Waals surface area contributed by atoms with E-state index in [0.717, 1.165) is 30.8 Å². The van der Waals surface area contributed by atoms with E-state index in [-0.39, 0.29) is 5.91 Å². The van der Waals surface area contributed by atoms with Gasteiger partial charge in [-0.15, -0.1) is 0 Å². The standard InChI is InChI=1S/C20H20ClNOS/c21-18-9-5-4-6-16(18)10-11-20(23)22-13-12-19(24-15-14-22)17-7-2-1-3-8-17/h1-11,19H,12-15H2/b11-10+/t19-/m0/s1. The lowest BCUT2D eigenvalue weighted by Gasteiger charge is -2.18. The van der Waals surface area contributed by atoms with E-state index in [1.54, 1.807) is 12.2 Å². The van der Waals surface area contributed by atoms with Crippen molar-refractivity contribution in [1.29, 1.82) is 0 Å². The summed E-state index contributed by atoms with van der Waals surface area (Å²) in [5.74, 6) is 1.02. The highest BCUT2D eigenvalue weighted by molar-refractivity contribution is 7.99. The largest absolute Gasteiger partial charge is 0.338 e. The number of carbonyl (C=O) groups is 1. The van der Waals surface area contributed by atoms with E-state index in [2.05, 4.69) is 24.3 Å². The Bertz CT molecular complexity index is 717. The molecule has 0 aromatic heterocycles. The summed E-state index contributed by atoms with van der Waals surface area (Å²) in [5.41, 5.74) is 2.22. The topological polar surface area (TPSA) is 20.3 Å². The molecule has 0 unspecified atom stereocenters. The molecule has 0 radical (unpaired) electrons. The zero-order valence-corrected chi connectivity index (χ0v) is 15.0. The van der Waals surface area contributed by atoms with Crippen LogP contribution in [0.1, 0.15) is 22.8 Å². The first-order valence-corrected chi connectivity index (χ1v) is 9.55. The Morgan fingerprint density at radius 2 is 1.83 bits per heavy atom. The molecular formula is C20H20ClNOS. The van der Waals surface area contributed by atoms with Crippen molar-refractivity contribution >= 4 is 35.3 Å². The summed E-state index contributed by atoms with van der Waals surface area (Å²) in [6.45, 7) is 1.58. The molecule has 0 aliphatic carbocycles. The van der Waals surface area contributed by atoms with Crippen molar-refractivity contribution in [2.45, 2.75) is 11.7 Å². The van der Waals surface area contributed by atoms with Gasteiger partial charge in [-0.25, -0.2) is 0 Å². The van der Waals surface area contributed by atoms with Gasteiger partial charge in [0.2, 0.25) is 5.91 Å². The van der Waals surface area contributed by atoms with E-state index in [1.165, 1.54) is 5.56 Å². The van der Waals surface area contributed by atoms with E-state index >= 15 is 0 Å². The lowest BCUT2D eigenvalue weighted by molar-refractivity contribution is -0.125. The Morgan fingerprint density at radius 1 is 1.08 bits per heavy atom. The molecule has 3 rings (SSSR count). The van der Waals surface area contributed by atoms with Gasteiger partial charge in [0.1, 0.15) is 0 Å². The van der Waals surface area contributed by atoms with Gasteiger partial charge in [0.05, 0.1) is 0 Å². The van der Waals surface area contributed by atoms with Crippen LogP contribution < -0.4 is 0 Å². The second-order valence-corrected chi connectivity index (χ2v) is 7.46. The van der Waals surface area contributed by atoms with Gasteiger partial charge in [0, 0.05) is 35.2 Å². The number of halogens is 1. The summed E-state index contributed by atoms with van der Waals surface area (Å²) >= 11 is 8.06. The van der Waals surface area contributed by atoms with Gasteiger partial charge < -0.3 is 4.90 Å². The van der Waals surface area contributed by atoms with Crippen LogP contribution in [0.15, 0.2) is 60.7 Å². The SMILES string of the molecule is O=C(/C=C/c1ccccc1Cl)N1CCS[C@H](c2ccccc2)CC1. The number of hydrogen-bond acceptors (Lipinski definition) is 2. The van der Waals surface area contributed by atoms with Crippen molar-refractivity contribution in [2.75, 3.05) is 18.8 Å². The van der Waals surface area contributed by atoms with Crippen molar-refractivity contribution in [1.82, 2.24) is 4.90 Å². The second-order valence-electron chi connectivity index (χ2n) is 5.74. The van der Waals surface area contributed by atoms with E-state index in [9.17, 15) is 4.79 Å². The number of rotatable bonds is 3. The quantitative estimate of drug-likeness (QED) is 0.715. The van der Waals surface area contributed by atoms with E-state index < -0.39 is 0 Å². The minimum absolute atomic E-state index is 0.0595. The first-order valence-electron chi connectivity index (χ1n) is 8.12. The lowest BCUT2D eigenvalue weighted by Crippen LogP contribution is -2.31. The highest BCUT2D eigenvalue weighted by Gasteiger charge is 2.20. The number of nitrogens with zero attached hydrogens (tertiary/aromatic N) is 1. The Kier molecular flexibility index (Phi) is 6.00. The fourth-order valence-electron chi connectivity index (χ4n) is 2.80. The predicted octanol–water partition coefficient (Wildman–Crippen LogP) is 5.06. The molecule has 2 aromatic rings. The predicted molar refractivity (Wildman–Crippen MR) is 103 cm³/mol. The van der Waals surface area contributed by atoms with Crippen LogP contribution in [0.4, 0.5) is 0 Å². The van der Waals surface area contributed by atoms with Gasteiger partial charge in [-0.2, -0.15) is 11.8 Å². The minimum Gasteiger partial charge on any atom is -0.338 e. The molecule has 1 aliphatic rings. The fourth-order valence-corrected chi connectivity index (χ4v) is 4.23. The summed E-state index contributed by atoms with van der Waals surface area (Å²) in [7, 11) is 0. The smallest absolute Gasteiger partial charge is 0.246 e. The van der Waals surface area contributed by atoms with E-state index in [1.807, 2.05) is 47.0 Å². The number of thioether (sulfide) groups is 1. The van der Waals surface area contributed by atoms with Crippen LogP contribution in [-0.2, 0) is 4.79 Å². The molecule has 1 aliphatic heterocycles. The van der Waals surface area contributed by atoms with Crippen molar-refractivity contribution in [2.24, 2.45) is 0 Å². The molecule has 1 fully saturated rings. The normalized spacial score (nSPS) is 18.5. The Hall–Kier alpha value is -1.71. The van der Waals surface area contributed by atoms with E-state index in [0.29, 0.717) is 10.3 Å². The average Bonchev–Trinajstić information content (AvgIpc) is 2.88. The first-order chi connectivity index (χ1) is 11.7. The zero-order chi connectivity index (χ0) is 16.8. The third-order valence-corrected chi connectivity index (χ3v) is 5.81. The van der Waals surface area contributed by atoms with Crippen LogP contribution in [0.5, 0.6) is 0 Å². The van der Waals surface area contributed by atoms with Crippen LogP contribution in [0.25, 0.3) is 6.08 Å². The van der Waals surface area contributed by atoms with Crippen LogP contribution in [0, 0.1) is 0 Å². The molecule has 4 heteroatoms. The fraction of sp³-hybridized carbons (Fsp3) is 0.250. The molecule has 1 saturated heterocycles. The third-order valence-electron chi connectivity index (χ3n) is 4.14. The Labute approximate surface area is 152 Å². The molecule has 1 atom stereocenters. The minimum atomic E-state index is 0.0595. The molecule has 1 amide bonds. The van der Waals surface area contributed by atoms with Gasteiger partial charge in [-0.05, 0) is 29.7 Å². The summed E-state index contributed by atoms with van der Waals surface area (Å²) in [5, 5.41) is 1.13. The lowest BCUT2D eigenvalue weighted by atomic mass is 10.1. The van der Waals surface area contributed by atoms with Crippen LogP contribution in [-0.4, -0.2) is 29.6 Å². The first kappa shape index (κ1) is 17.1. The molecule has 0 N–H and O–H groups in total. The average molecular weight is 358 g/mol. The van der Waals surface area contributed by atoms with Gasteiger partial charge in [-0.1, -0.05) is 60.1 Å². The molecule has 1 heterocycles. The number of carbonyl (C=O) groups excluding carboxylic acids is 1. The van der Waals surface area contributed by atoms with Gasteiger partial charge in [0.15, 0.2) is 0 Å². The summed E-state index contributed by atoms with van der Waals surface area (Å²) in [4.78, 5) is 14.4. The van der Waals surface area contributed by atoms with Crippen molar-refractivity contribution < 1.29 is 4.79 Å². The molecular weight excluding hydrogens is 338 g/mol. The van der Waals surface area contributed by atoms with Gasteiger partial charge in [0.25, 0.3) is 0 Å². The van der Waals surface area contributed by atoms with Crippen LogP contribution in [0.3, 0.4) is 0 Å². The third kappa shape index (κ3) is 4.43. The Balaban J connectivity index is 1.61. The maximum absolute atomic E-state index is 12.5. The van der Waals surface area contributed by atoms with Crippen molar-refractivity contribution in [3.63, 3.8) is 0 Å². The monoisotopic (exact) mass is 357 g/mol. The Morgan fingerprint density at radius 3 is 2.62 bits per heavy atom. The number of amides is 1. The summed E-state index contributed by atoms with van der Waals surface area (Å²) in [6, 6.07) is 18.1. The summed E-state index contributed by atoms with van der Waals surface area (Å²) in [6.07, 6.45) is 4.42. The highest BCUT2D eigenvalue weighted by Crippen LogP contribution is 2.34. The summed E-state index contributed by atoms with van der Waals surface area (Å²) < 4.78 is 0. The molecule has 124 valence electrons.